The molecule has 0 bridgehead atoms. The molecule has 0 unspecified atom stereocenters. The molecule has 0 spiro atoms. The molecule has 1 aromatic rings. The van der Waals surface area contributed by atoms with Crippen molar-refractivity contribution in [1.29, 1.82) is 0 Å². The van der Waals surface area contributed by atoms with E-state index in [0.29, 0.717) is 16.7 Å². The van der Waals surface area contributed by atoms with Crippen molar-refractivity contribution in [1.82, 2.24) is 4.90 Å². The van der Waals surface area contributed by atoms with Gasteiger partial charge in [0.15, 0.2) is 0 Å². The Kier molecular flexibility index (Phi) is 3.88. The molecule has 6 heteroatoms. The summed E-state index contributed by atoms with van der Waals surface area (Å²) in [5.41, 5.74) is 1.31. The number of esters is 1. The number of aryl methyl sites for hydroxylation is 1. The van der Waals surface area contributed by atoms with Gasteiger partial charge in [-0.05, 0) is 25.5 Å². The number of carbonyl (C=O) groups excluding carboxylic acids is 4. The Hall–Kier alpha value is -2.50. The van der Waals surface area contributed by atoms with Crippen LogP contribution in [-0.4, -0.2) is 42.1 Å². The van der Waals surface area contributed by atoms with E-state index in [2.05, 4.69) is 4.74 Å². The molecule has 0 radical (unpaired) electrons. The van der Waals surface area contributed by atoms with E-state index in [4.69, 9.17) is 0 Å². The lowest BCUT2D eigenvalue weighted by atomic mass is 10.0. The minimum absolute atomic E-state index is 0.298. The Balaban J connectivity index is 2.34. The van der Waals surface area contributed by atoms with Gasteiger partial charge in [0.2, 0.25) is 0 Å². The Morgan fingerprint density at radius 3 is 2.43 bits per heavy atom. The number of hydrogen-bond acceptors (Lipinski definition) is 5. The summed E-state index contributed by atoms with van der Waals surface area (Å²) in [6.45, 7) is 2.66. The molecule has 6 nitrogen and oxygen atoms in total. The van der Waals surface area contributed by atoms with Crippen LogP contribution in [0.1, 0.15) is 33.2 Å². The molecular weight excluding hydrogens is 274 g/mol. The molecule has 1 heterocycles. The first kappa shape index (κ1) is 14.9. The first-order chi connectivity index (χ1) is 9.88. The van der Waals surface area contributed by atoms with Crippen molar-refractivity contribution < 1.29 is 23.9 Å². The molecule has 0 aliphatic carbocycles. The zero-order valence-electron chi connectivity index (χ0n) is 12.0. The number of ketones is 1. The van der Waals surface area contributed by atoms with Crippen LogP contribution in [0.3, 0.4) is 0 Å². The predicted molar refractivity (Wildman–Crippen MR) is 72.7 cm³/mol. The number of methoxy groups -OCH3 is 1. The van der Waals surface area contributed by atoms with Gasteiger partial charge in [0.1, 0.15) is 11.7 Å². The van der Waals surface area contributed by atoms with Gasteiger partial charge in [0, 0.05) is 6.54 Å². The van der Waals surface area contributed by atoms with Gasteiger partial charge >= 0.3 is 5.97 Å². The van der Waals surface area contributed by atoms with Crippen LogP contribution in [0.4, 0.5) is 0 Å². The Morgan fingerprint density at radius 1 is 1.24 bits per heavy atom. The number of ether oxygens (including phenoxy) is 1. The van der Waals surface area contributed by atoms with Crippen LogP contribution in [0.25, 0.3) is 0 Å². The summed E-state index contributed by atoms with van der Waals surface area (Å²) in [4.78, 5) is 48.7. The molecule has 2 amide bonds. The maximum atomic E-state index is 12.3. The summed E-state index contributed by atoms with van der Waals surface area (Å²) in [7, 11) is 1.16. The standard InChI is InChI=1S/C15H15NO5/c1-8-5-4-6-10-12(8)14(19)16(13(10)18)7-11(9(2)17)15(20)21-3/h4-6,11H,7H2,1-3H3/t11-/m0/s1. The topological polar surface area (TPSA) is 80.8 Å². The summed E-state index contributed by atoms with van der Waals surface area (Å²) in [5.74, 6) is -3.33. The molecule has 1 aliphatic rings. The second-order valence-corrected chi connectivity index (χ2v) is 4.90. The lowest BCUT2D eigenvalue weighted by molar-refractivity contribution is -0.149. The fourth-order valence-corrected chi connectivity index (χ4v) is 2.36. The monoisotopic (exact) mass is 289 g/mol. The molecule has 0 fully saturated rings. The smallest absolute Gasteiger partial charge is 0.318 e. The zero-order chi connectivity index (χ0) is 15.7. The highest BCUT2D eigenvalue weighted by atomic mass is 16.5. The lowest BCUT2D eigenvalue weighted by Crippen LogP contribution is -2.40. The molecule has 0 N–H and O–H groups in total. The SMILES string of the molecule is COC(=O)[C@@H](CN1C(=O)c2cccc(C)c2C1=O)C(C)=O. The van der Waals surface area contributed by atoms with Crippen molar-refractivity contribution in [2.75, 3.05) is 13.7 Å². The molecule has 1 atom stereocenters. The van der Waals surface area contributed by atoms with Crippen molar-refractivity contribution in [3.05, 3.63) is 34.9 Å². The first-order valence-electron chi connectivity index (χ1n) is 6.42. The first-order valence-corrected chi connectivity index (χ1v) is 6.42. The molecule has 0 aromatic heterocycles. The minimum atomic E-state index is -1.16. The number of fused-ring (bicyclic) bond motifs is 1. The van der Waals surface area contributed by atoms with E-state index >= 15 is 0 Å². The van der Waals surface area contributed by atoms with Gasteiger partial charge in [-0.3, -0.25) is 24.1 Å². The third-order valence-corrected chi connectivity index (χ3v) is 3.55. The van der Waals surface area contributed by atoms with Crippen LogP contribution in [0, 0.1) is 12.8 Å². The van der Waals surface area contributed by atoms with E-state index < -0.39 is 29.5 Å². The molecule has 0 saturated carbocycles. The average molecular weight is 289 g/mol. The highest BCUT2D eigenvalue weighted by Crippen LogP contribution is 2.26. The fourth-order valence-electron chi connectivity index (χ4n) is 2.36. The molecule has 21 heavy (non-hydrogen) atoms. The van der Waals surface area contributed by atoms with E-state index in [1.165, 1.54) is 6.92 Å². The van der Waals surface area contributed by atoms with Crippen LogP contribution < -0.4 is 0 Å². The van der Waals surface area contributed by atoms with E-state index in [1.54, 1.807) is 25.1 Å². The molecule has 110 valence electrons. The molecular formula is C15H15NO5. The second kappa shape index (κ2) is 5.47. The largest absolute Gasteiger partial charge is 0.468 e. The van der Waals surface area contributed by atoms with Gasteiger partial charge < -0.3 is 4.74 Å². The van der Waals surface area contributed by atoms with E-state index in [-0.39, 0.29) is 6.54 Å². The van der Waals surface area contributed by atoms with E-state index in [9.17, 15) is 19.2 Å². The quantitative estimate of drug-likeness (QED) is 0.468. The summed E-state index contributed by atoms with van der Waals surface area (Å²) in [5, 5.41) is 0. The van der Waals surface area contributed by atoms with Gasteiger partial charge in [-0.1, -0.05) is 12.1 Å². The summed E-state index contributed by atoms with van der Waals surface area (Å²) in [6.07, 6.45) is 0. The Bertz CT molecular complexity index is 649. The average Bonchev–Trinajstić information content (AvgIpc) is 2.68. The zero-order valence-corrected chi connectivity index (χ0v) is 12.0. The van der Waals surface area contributed by atoms with E-state index in [0.717, 1.165) is 12.0 Å². The number of amides is 2. The van der Waals surface area contributed by atoms with Crippen LogP contribution in [-0.2, 0) is 14.3 Å². The molecule has 0 saturated heterocycles. The summed E-state index contributed by atoms with van der Waals surface area (Å²) >= 11 is 0. The van der Waals surface area contributed by atoms with Crippen molar-refractivity contribution in [2.24, 2.45) is 5.92 Å². The van der Waals surface area contributed by atoms with Gasteiger partial charge in [-0.25, -0.2) is 0 Å². The number of imide groups is 1. The highest BCUT2D eigenvalue weighted by molar-refractivity contribution is 6.22. The van der Waals surface area contributed by atoms with Crippen LogP contribution >= 0.6 is 0 Å². The van der Waals surface area contributed by atoms with Gasteiger partial charge in [0.25, 0.3) is 11.8 Å². The van der Waals surface area contributed by atoms with Gasteiger partial charge in [0.05, 0.1) is 18.2 Å². The number of hydrogen-bond donors (Lipinski definition) is 0. The van der Waals surface area contributed by atoms with Crippen LogP contribution in [0.15, 0.2) is 18.2 Å². The highest BCUT2D eigenvalue weighted by Gasteiger charge is 2.40. The number of rotatable bonds is 4. The Morgan fingerprint density at radius 2 is 1.90 bits per heavy atom. The van der Waals surface area contributed by atoms with Crippen molar-refractivity contribution in [2.45, 2.75) is 13.8 Å². The normalized spacial score (nSPS) is 14.9. The van der Waals surface area contributed by atoms with Gasteiger partial charge in [-0.2, -0.15) is 0 Å². The minimum Gasteiger partial charge on any atom is -0.468 e. The van der Waals surface area contributed by atoms with E-state index in [1.807, 2.05) is 0 Å². The number of benzene rings is 1. The summed E-state index contributed by atoms with van der Waals surface area (Å²) < 4.78 is 4.55. The predicted octanol–water partition coefficient (Wildman–Crippen LogP) is 0.969. The third kappa shape index (κ3) is 2.44. The maximum Gasteiger partial charge on any atom is 0.318 e. The van der Waals surface area contributed by atoms with Crippen LogP contribution in [0.5, 0.6) is 0 Å². The van der Waals surface area contributed by atoms with Crippen LogP contribution in [0.2, 0.25) is 0 Å². The Labute approximate surface area is 121 Å². The maximum absolute atomic E-state index is 12.3. The van der Waals surface area contributed by atoms with Crippen molar-refractivity contribution >= 4 is 23.6 Å². The summed E-state index contributed by atoms with van der Waals surface area (Å²) in [6, 6.07) is 4.98. The fraction of sp³-hybridized carbons (Fsp3) is 0.333. The molecule has 1 aromatic carbocycles. The number of Topliss-reactive ketones (excluding diaryl/α,β-unsaturated/α-hetero) is 1. The molecule has 2 rings (SSSR count). The number of carbonyl (C=O) groups is 4. The second-order valence-electron chi connectivity index (χ2n) is 4.90. The van der Waals surface area contributed by atoms with Gasteiger partial charge in [-0.15, -0.1) is 0 Å². The third-order valence-electron chi connectivity index (χ3n) is 3.55. The van der Waals surface area contributed by atoms with Crippen molar-refractivity contribution in [3.63, 3.8) is 0 Å². The van der Waals surface area contributed by atoms with Crippen molar-refractivity contribution in [3.8, 4) is 0 Å². The number of nitrogens with zero attached hydrogens (tertiary/aromatic N) is 1. The lowest BCUT2D eigenvalue weighted by Gasteiger charge is -2.18. The molecule has 1 aliphatic heterocycles.